The highest BCUT2D eigenvalue weighted by molar-refractivity contribution is 7.99. The summed E-state index contributed by atoms with van der Waals surface area (Å²) in [5, 5.41) is 2.43. The molecule has 1 amide bonds. The van der Waals surface area contributed by atoms with Crippen LogP contribution in [0.4, 0.5) is 43.4 Å². The minimum absolute atomic E-state index is 0.103. The first kappa shape index (κ1) is 29.5. The predicted octanol–water partition coefficient (Wildman–Crippen LogP) is 7.72. The van der Waals surface area contributed by atoms with Gasteiger partial charge in [-0.1, -0.05) is 23.9 Å². The van der Waals surface area contributed by atoms with Gasteiger partial charge >= 0.3 is 12.4 Å². The number of nitrogen functional groups attached to an aromatic ring is 2. The Hall–Kier alpha value is -4.45. The molecule has 4 rings (SSSR count). The van der Waals surface area contributed by atoms with Gasteiger partial charge in [0.05, 0.1) is 16.7 Å². The lowest BCUT2D eigenvalue weighted by atomic mass is 9.97. The van der Waals surface area contributed by atoms with E-state index in [0.717, 1.165) is 18.2 Å². The third kappa shape index (κ3) is 7.40. The number of halogens is 6. The number of benzene rings is 4. The van der Waals surface area contributed by atoms with Gasteiger partial charge in [0.2, 0.25) is 0 Å². The Labute approximate surface area is 234 Å². The number of hydrogen-bond acceptors (Lipinski definition) is 5. The number of nitrogens with one attached hydrogen (secondary N) is 1. The Morgan fingerprint density at radius 2 is 1.24 bits per heavy atom. The van der Waals surface area contributed by atoms with Crippen molar-refractivity contribution in [2.75, 3.05) is 16.8 Å². The molecule has 4 aromatic rings. The van der Waals surface area contributed by atoms with Gasteiger partial charge < -0.3 is 16.8 Å². The Morgan fingerprint density at radius 3 is 1.83 bits per heavy atom. The van der Waals surface area contributed by atoms with E-state index in [2.05, 4.69) is 5.32 Å². The maximum atomic E-state index is 13.4. The van der Waals surface area contributed by atoms with E-state index in [4.69, 9.17) is 11.5 Å². The van der Waals surface area contributed by atoms with Crippen molar-refractivity contribution >= 4 is 40.5 Å². The zero-order valence-corrected chi connectivity index (χ0v) is 21.8. The van der Waals surface area contributed by atoms with Gasteiger partial charge in [0.1, 0.15) is 0 Å². The van der Waals surface area contributed by atoms with Crippen molar-refractivity contribution in [2.45, 2.75) is 28.6 Å². The molecule has 0 atom stereocenters. The molecule has 0 saturated carbocycles. The molecule has 0 aliphatic rings. The first-order chi connectivity index (χ1) is 19.2. The van der Waals surface area contributed by atoms with Crippen molar-refractivity contribution in [2.24, 2.45) is 0 Å². The largest absolute Gasteiger partial charge is 0.417 e. The summed E-state index contributed by atoms with van der Waals surface area (Å²) < 4.78 is 80.3. The van der Waals surface area contributed by atoms with Crippen molar-refractivity contribution in [3.8, 4) is 0 Å². The lowest BCUT2D eigenvalue weighted by Gasteiger charge is -2.14. The average molecular weight is 590 g/mol. The first-order valence-corrected chi connectivity index (χ1v) is 12.7. The molecular formula is C29H21F6N3O2S. The Bertz CT molecular complexity index is 1600. The van der Waals surface area contributed by atoms with Gasteiger partial charge in [0, 0.05) is 38.8 Å². The molecule has 41 heavy (non-hydrogen) atoms. The number of nitrogens with two attached hydrogens (primary N) is 2. The Morgan fingerprint density at radius 1 is 0.683 bits per heavy atom. The van der Waals surface area contributed by atoms with Crippen LogP contribution in [0.5, 0.6) is 0 Å². The van der Waals surface area contributed by atoms with E-state index in [1.807, 2.05) is 0 Å². The quantitative estimate of drug-likeness (QED) is 0.117. The maximum Gasteiger partial charge on any atom is 0.417 e. The first-order valence-electron chi connectivity index (χ1n) is 11.9. The maximum absolute atomic E-state index is 13.4. The summed E-state index contributed by atoms with van der Waals surface area (Å²) in [7, 11) is 0. The van der Waals surface area contributed by atoms with E-state index in [9.17, 15) is 35.9 Å². The molecule has 0 radical (unpaired) electrons. The molecule has 4 aromatic carbocycles. The smallest absolute Gasteiger partial charge is 0.399 e. The fourth-order valence-corrected chi connectivity index (χ4v) is 4.88. The molecule has 0 saturated heterocycles. The summed E-state index contributed by atoms with van der Waals surface area (Å²) in [5.74, 6) is -1.67. The molecule has 0 heterocycles. The molecule has 5 N–H and O–H groups in total. The number of Topliss-reactive ketones (excluding diaryl/α,β-unsaturated/α-hetero) is 1. The van der Waals surface area contributed by atoms with Crippen LogP contribution in [0.1, 0.15) is 37.4 Å². The highest BCUT2D eigenvalue weighted by Gasteiger charge is 2.36. The minimum Gasteiger partial charge on any atom is -0.399 e. The van der Waals surface area contributed by atoms with Crippen LogP contribution < -0.4 is 16.8 Å². The lowest BCUT2D eigenvalue weighted by molar-refractivity contribution is -0.138. The van der Waals surface area contributed by atoms with Gasteiger partial charge in [-0.15, -0.1) is 0 Å². The number of rotatable bonds is 7. The fraction of sp³-hybridized carbons (Fsp3) is 0.103. The third-order valence-electron chi connectivity index (χ3n) is 5.85. The highest BCUT2D eigenvalue weighted by atomic mass is 32.2. The van der Waals surface area contributed by atoms with Crippen LogP contribution in [0.15, 0.2) is 94.7 Å². The molecule has 0 aliphatic carbocycles. The zero-order valence-electron chi connectivity index (χ0n) is 20.9. The van der Waals surface area contributed by atoms with E-state index in [1.54, 1.807) is 36.4 Å². The van der Waals surface area contributed by atoms with Crippen LogP contribution in [-0.4, -0.2) is 11.7 Å². The minimum atomic E-state index is -4.77. The topological polar surface area (TPSA) is 98.2 Å². The van der Waals surface area contributed by atoms with E-state index in [-0.39, 0.29) is 23.5 Å². The number of ketones is 1. The number of alkyl halides is 6. The highest BCUT2D eigenvalue weighted by Crippen LogP contribution is 2.36. The van der Waals surface area contributed by atoms with Gasteiger partial charge in [-0.05, 0) is 78.4 Å². The second kappa shape index (κ2) is 11.6. The van der Waals surface area contributed by atoms with Crippen LogP contribution in [0.25, 0.3) is 0 Å². The molecular weight excluding hydrogens is 568 g/mol. The van der Waals surface area contributed by atoms with Gasteiger partial charge in [-0.2, -0.15) is 26.3 Å². The molecule has 0 aromatic heterocycles. The summed E-state index contributed by atoms with van der Waals surface area (Å²) >= 11 is 1.28. The fourth-order valence-electron chi connectivity index (χ4n) is 3.97. The summed E-state index contributed by atoms with van der Waals surface area (Å²) in [6.45, 7) is 0. The van der Waals surface area contributed by atoms with Crippen LogP contribution >= 0.6 is 11.8 Å². The normalized spacial score (nSPS) is 11.8. The molecule has 0 fully saturated rings. The van der Waals surface area contributed by atoms with E-state index in [0.29, 0.717) is 21.4 Å². The van der Waals surface area contributed by atoms with Crippen LogP contribution in [-0.2, 0) is 18.8 Å². The van der Waals surface area contributed by atoms with Crippen molar-refractivity contribution in [1.82, 2.24) is 0 Å². The van der Waals surface area contributed by atoms with Gasteiger partial charge in [-0.25, -0.2) is 0 Å². The molecule has 212 valence electrons. The second-order valence-electron chi connectivity index (χ2n) is 8.93. The Balaban J connectivity index is 1.44. The van der Waals surface area contributed by atoms with Crippen LogP contribution in [0.2, 0.25) is 0 Å². The standard InChI is InChI=1S/C29H21F6N3O2S/c30-28(31,32)24-14-17(36)4-10-22(24)26(39)13-16-2-1-3-21(12-16)41-20-8-6-19(7-9-20)38-27(40)23-11-5-18(37)15-25(23)29(33,34)35/h1-12,14-15H,13,36-37H2,(H,38,40). The summed E-state index contributed by atoms with van der Waals surface area (Å²) in [4.78, 5) is 26.7. The Kier molecular flexibility index (Phi) is 8.34. The van der Waals surface area contributed by atoms with E-state index >= 15 is 0 Å². The molecule has 0 unspecified atom stereocenters. The SMILES string of the molecule is Nc1ccc(C(=O)Cc2cccc(Sc3ccc(NC(=O)c4ccc(N)cc4C(F)(F)F)cc3)c2)c(C(F)(F)F)c1. The van der Waals surface area contributed by atoms with E-state index in [1.165, 1.54) is 36.0 Å². The number of carbonyl (C=O) groups excluding carboxylic acids is 2. The molecule has 5 nitrogen and oxygen atoms in total. The van der Waals surface area contributed by atoms with Crippen molar-refractivity contribution in [3.05, 3.63) is 113 Å². The monoisotopic (exact) mass is 589 g/mol. The number of hydrogen-bond donors (Lipinski definition) is 3. The van der Waals surface area contributed by atoms with Gasteiger partial charge in [0.25, 0.3) is 5.91 Å². The van der Waals surface area contributed by atoms with Gasteiger partial charge in [-0.3, -0.25) is 9.59 Å². The van der Waals surface area contributed by atoms with Crippen molar-refractivity contribution in [3.63, 3.8) is 0 Å². The molecule has 0 spiro atoms. The average Bonchev–Trinajstić information content (AvgIpc) is 2.89. The van der Waals surface area contributed by atoms with Crippen LogP contribution in [0.3, 0.4) is 0 Å². The van der Waals surface area contributed by atoms with Gasteiger partial charge in [0.15, 0.2) is 5.78 Å². The summed E-state index contributed by atoms with van der Waals surface area (Å²) in [6, 6.07) is 18.9. The second-order valence-corrected chi connectivity index (χ2v) is 10.1. The molecule has 12 heteroatoms. The zero-order chi connectivity index (χ0) is 29.9. The van der Waals surface area contributed by atoms with E-state index < -0.39 is 46.3 Å². The van der Waals surface area contributed by atoms with Crippen molar-refractivity contribution < 1.29 is 35.9 Å². The van der Waals surface area contributed by atoms with Crippen molar-refractivity contribution in [1.29, 1.82) is 0 Å². The predicted molar refractivity (Wildman–Crippen MR) is 145 cm³/mol. The summed E-state index contributed by atoms with van der Waals surface area (Å²) in [5.41, 5.74) is 8.17. The molecule has 0 bridgehead atoms. The number of amides is 1. The summed E-state index contributed by atoms with van der Waals surface area (Å²) in [6.07, 6.45) is -9.77. The lowest BCUT2D eigenvalue weighted by Crippen LogP contribution is -2.19. The number of anilines is 3. The van der Waals surface area contributed by atoms with Crippen LogP contribution in [0, 0.1) is 0 Å². The third-order valence-corrected chi connectivity index (χ3v) is 6.85. The number of carbonyl (C=O) groups is 2. The molecule has 0 aliphatic heterocycles.